The van der Waals surface area contributed by atoms with Crippen LogP contribution >= 0.6 is 11.8 Å². The van der Waals surface area contributed by atoms with Gasteiger partial charge >= 0.3 is 0 Å². The number of amides is 1. The molecule has 3 rings (SSSR count). The Balaban J connectivity index is 1.65. The van der Waals surface area contributed by atoms with Gasteiger partial charge in [-0.1, -0.05) is 23.9 Å². The zero-order chi connectivity index (χ0) is 17.1. The Bertz CT molecular complexity index is 895. The van der Waals surface area contributed by atoms with E-state index in [4.69, 9.17) is 4.42 Å². The van der Waals surface area contributed by atoms with E-state index in [9.17, 15) is 19.3 Å². The fourth-order valence-electron chi connectivity index (χ4n) is 1.95. The monoisotopic (exact) mass is 347 g/mol. The van der Waals surface area contributed by atoms with E-state index in [0.717, 1.165) is 30.0 Å². The first-order valence-corrected chi connectivity index (χ1v) is 7.73. The Kier molecular flexibility index (Phi) is 4.43. The van der Waals surface area contributed by atoms with Crippen molar-refractivity contribution in [3.05, 3.63) is 58.4 Å². The maximum Gasteiger partial charge on any atom is 0.271 e. The summed E-state index contributed by atoms with van der Waals surface area (Å²) in [6.07, 6.45) is 0. The van der Waals surface area contributed by atoms with Crippen LogP contribution in [0.4, 0.5) is 15.8 Å². The number of benzene rings is 2. The minimum Gasteiger partial charge on any atom is -0.431 e. The molecule has 3 aromatic rings. The summed E-state index contributed by atoms with van der Waals surface area (Å²) in [5, 5.41) is 13.3. The molecule has 0 atom stereocenters. The van der Waals surface area contributed by atoms with E-state index in [1.165, 1.54) is 0 Å². The summed E-state index contributed by atoms with van der Waals surface area (Å²) in [7, 11) is 0. The SMILES string of the molecule is O=C(CSc1nc2ccccc2o1)Nc1cc([N+](=O)[O-])ccc1F. The Morgan fingerprint density at radius 3 is 2.88 bits per heavy atom. The lowest BCUT2D eigenvalue weighted by atomic mass is 10.2. The second kappa shape index (κ2) is 6.67. The Morgan fingerprint density at radius 2 is 2.12 bits per heavy atom. The molecule has 0 aliphatic rings. The van der Waals surface area contributed by atoms with Crippen LogP contribution in [-0.4, -0.2) is 21.6 Å². The minimum atomic E-state index is -0.749. The number of nitro groups is 1. The number of nitrogens with zero attached hydrogens (tertiary/aromatic N) is 2. The molecule has 0 fully saturated rings. The van der Waals surface area contributed by atoms with Gasteiger partial charge in [-0.05, 0) is 18.2 Å². The number of rotatable bonds is 5. The standard InChI is InChI=1S/C15H10FN3O4S/c16-10-6-5-9(19(21)22)7-12(10)17-14(20)8-24-15-18-11-3-1-2-4-13(11)23-15/h1-7H,8H2,(H,17,20). The highest BCUT2D eigenvalue weighted by Crippen LogP contribution is 2.24. The molecule has 0 unspecified atom stereocenters. The molecule has 0 radical (unpaired) electrons. The van der Waals surface area contributed by atoms with Crippen LogP contribution in [0.3, 0.4) is 0 Å². The minimum absolute atomic E-state index is 0.0745. The maximum absolute atomic E-state index is 13.6. The number of para-hydroxylation sites is 2. The molecule has 0 spiro atoms. The number of aromatic nitrogens is 1. The molecule has 1 aromatic heterocycles. The third-order valence-electron chi connectivity index (χ3n) is 3.04. The van der Waals surface area contributed by atoms with Gasteiger partial charge in [0.1, 0.15) is 11.3 Å². The molecule has 0 bridgehead atoms. The van der Waals surface area contributed by atoms with Crippen LogP contribution in [0.2, 0.25) is 0 Å². The highest BCUT2D eigenvalue weighted by Gasteiger charge is 2.14. The normalized spacial score (nSPS) is 10.7. The van der Waals surface area contributed by atoms with E-state index in [1.807, 2.05) is 6.07 Å². The summed E-state index contributed by atoms with van der Waals surface area (Å²) in [5.41, 5.74) is 0.723. The molecule has 0 saturated carbocycles. The number of nitro benzene ring substituents is 1. The number of fused-ring (bicyclic) bond motifs is 1. The van der Waals surface area contributed by atoms with Crippen molar-refractivity contribution in [1.29, 1.82) is 0 Å². The molecule has 0 aliphatic heterocycles. The first kappa shape index (κ1) is 15.9. The van der Waals surface area contributed by atoms with Gasteiger partial charge in [-0.2, -0.15) is 0 Å². The van der Waals surface area contributed by atoms with Crippen molar-refractivity contribution in [2.45, 2.75) is 5.22 Å². The number of halogens is 1. The first-order valence-electron chi connectivity index (χ1n) is 6.75. The number of oxazole rings is 1. The topological polar surface area (TPSA) is 98.3 Å². The second-order valence-electron chi connectivity index (χ2n) is 4.71. The van der Waals surface area contributed by atoms with Gasteiger partial charge < -0.3 is 9.73 Å². The van der Waals surface area contributed by atoms with Gasteiger partial charge in [0, 0.05) is 12.1 Å². The maximum atomic E-state index is 13.6. The van der Waals surface area contributed by atoms with Crippen molar-refractivity contribution in [2.24, 2.45) is 0 Å². The van der Waals surface area contributed by atoms with E-state index in [2.05, 4.69) is 10.3 Å². The van der Waals surface area contributed by atoms with Crippen LogP contribution in [0.25, 0.3) is 11.1 Å². The lowest BCUT2D eigenvalue weighted by Gasteiger charge is -2.05. The molecule has 1 heterocycles. The molecule has 9 heteroatoms. The van der Waals surface area contributed by atoms with Gasteiger partial charge in [0.05, 0.1) is 16.4 Å². The van der Waals surface area contributed by atoms with Crippen molar-refractivity contribution in [2.75, 3.05) is 11.1 Å². The van der Waals surface area contributed by atoms with Gasteiger partial charge in [-0.25, -0.2) is 9.37 Å². The van der Waals surface area contributed by atoms with Crippen molar-refractivity contribution in [3.8, 4) is 0 Å². The number of carbonyl (C=O) groups excluding carboxylic acids is 1. The molecule has 1 amide bonds. The largest absolute Gasteiger partial charge is 0.431 e. The first-order chi connectivity index (χ1) is 11.5. The number of thioether (sulfide) groups is 1. The van der Waals surface area contributed by atoms with Crippen LogP contribution in [0.5, 0.6) is 0 Å². The molecule has 2 aromatic carbocycles. The molecule has 122 valence electrons. The van der Waals surface area contributed by atoms with Crippen molar-refractivity contribution in [1.82, 2.24) is 4.98 Å². The number of hydrogen-bond acceptors (Lipinski definition) is 6. The molecular weight excluding hydrogens is 337 g/mol. The van der Waals surface area contributed by atoms with Gasteiger partial charge in [0.15, 0.2) is 5.58 Å². The zero-order valence-electron chi connectivity index (χ0n) is 12.1. The molecular formula is C15H10FN3O4S. The Labute approximate surface area is 139 Å². The van der Waals surface area contributed by atoms with Crippen molar-refractivity contribution >= 4 is 40.1 Å². The molecule has 7 nitrogen and oxygen atoms in total. The van der Waals surface area contributed by atoms with Gasteiger partial charge in [0.2, 0.25) is 5.91 Å². The number of nitrogens with one attached hydrogen (secondary N) is 1. The van der Waals surface area contributed by atoms with Crippen molar-refractivity contribution in [3.63, 3.8) is 0 Å². The predicted molar refractivity (Wildman–Crippen MR) is 86.4 cm³/mol. The van der Waals surface area contributed by atoms with Gasteiger partial charge in [0.25, 0.3) is 10.9 Å². The van der Waals surface area contributed by atoms with E-state index >= 15 is 0 Å². The second-order valence-corrected chi connectivity index (χ2v) is 5.63. The van der Waals surface area contributed by atoms with Crippen LogP contribution in [0.15, 0.2) is 52.1 Å². The summed E-state index contributed by atoms with van der Waals surface area (Å²) in [4.78, 5) is 26.1. The molecule has 24 heavy (non-hydrogen) atoms. The molecule has 0 saturated heterocycles. The number of carbonyl (C=O) groups is 1. The van der Waals surface area contributed by atoms with Crippen molar-refractivity contribution < 1.29 is 18.5 Å². The highest BCUT2D eigenvalue weighted by molar-refractivity contribution is 7.99. The Hall–Kier alpha value is -2.94. The third kappa shape index (κ3) is 3.51. The Morgan fingerprint density at radius 1 is 1.33 bits per heavy atom. The fraction of sp³-hybridized carbons (Fsp3) is 0.0667. The van der Waals surface area contributed by atoms with Crippen LogP contribution in [-0.2, 0) is 4.79 Å². The predicted octanol–water partition coefficient (Wildman–Crippen LogP) is 3.61. The molecule has 1 N–H and O–H groups in total. The fourth-order valence-corrected chi connectivity index (χ4v) is 2.59. The summed E-state index contributed by atoms with van der Waals surface area (Å²) in [5.74, 6) is -1.35. The average molecular weight is 347 g/mol. The van der Waals surface area contributed by atoms with E-state index in [1.54, 1.807) is 18.2 Å². The number of non-ortho nitro benzene ring substituents is 1. The van der Waals surface area contributed by atoms with E-state index in [0.29, 0.717) is 16.3 Å². The quantitative estimate of drug-likeness (QED) is 0.430. The smallest absolute Gasteiger partial charge is 0.271 e. The average Bonchev–Trinajstić information content (AvgIpc) is 2.97. The summed E-state index contributed by atoms with van der Waals surface area (Å²) < 4.78 is 19.1. The third-order valence-corrected chi connectivity index (χ3v) is 3.86. The summed E-state index contributed by atoms with van der Waals surface area (Å²) >= 11 is 1.04. The van der Waals surface area contributed by atoms with Crippen LogP contribution in [0, 0.1) is 15.9 Å². The van der Waals surface area contributed by atoms with E-state index in [-0.39, 0.29) is 17.1 Å². The lowest BCUT2D eigenvalue weighted by molar-refractivity contribution is -0.384. The van der Waals surface area contributed by atoms with Gasteiger partial charge in [-0.3, -0.25) is 14.9 Å². The van der Waals surface area contributed by atoms with Crippen LogP contribution in [0.1, 0.15) is 0 Å². The summed E-state index contributed by atoms with van der Waals surface area (Å²) in [6, 6.07) is 10.1. The van der Waals surface area contributed by atoms with E-state index < -0.39 is 16.6 Å². The zero-order valence-corrected chi connectivity index (χ0v) is 12.9. The summed E-state index contributed by atoms with van der Waals surface area (Å²) in [6.45, 7) is 0. The number of hydrogen-bond donors (Lipinski definition) is 1. The lowest BCUT2D eigenvalue weighted by Crippen LogP contribution is -2.15. The highest BCUT2D eigenvalue weighted by atomic mass is 32.2. The van der Waals surface area contributed by atoms with Crippen LogP contribution < -0.4 is 5.32 Å². The molecule has 0 aliphatic carbocycles. The van der Waals surface area contributed by atoms with Gasteiger partial charge in [-0.15, -0.1) is 0 Å². The number of anilines is 1.